The summed E-state index contributed by atoms with van der Waals surface area (Å²) >= 11 is 0. The van der Waals surface area contributed by atoms with Gasteiger partial charge in [-0.25, -0.2) is 0 Å². The summed E-state index contributed by atoms with van der Waals surface area (Å²) in [5.41, 5.74) is 2.69. The highest BCUT2D eigenvalue weighted by atomic mass is 16.5. The van der Waals surface area contributed by atoms with Crippen molar-refractivity contribution < 1.29 is 19.5 Å². The first-order chi connectivity index (χ1) is 13.0. The molecule has 0 saturated carbocycles. The number of carbonyl (C=O) groups excluding carboxylic acids is 1. The van der Waals surface area contributed by atoms with Crippen LogP contribution in [-0.4, -0.2) is 24.0 Å². The SMILES string of the molecule is Cc1ccccc1/C=C1/Oc2c(ccc(O)c2C[NH+](CC#N)CC#N)C1=O. The fourth-order valence-corrected chi connectivity index (χ4v) is 3.02. The lowest BCUT2D eigenvalue weighted by Crippen LogP contribution is -3.10. The molecule has 6 heteroatoms. The molecule has 2 aromatic carbocycles. The monoisotopic (exact) mass is 360 g/mol. The summed E-state index contributed by atoms with van der Waals surface area (Å²) in [5.74, 6) is 0.213. The molecule has 0 atom stereocenters. The molecule has 0 aromatic heterocycles. The first-order valence-corrected chi connectivity index (χ1v) is 8.47. The van der Waals surface area contributed by atoms with E-state index in [0.29, 0.717) is 21.8 Å². The number of aromatic hydroxyl groups is 1. The van der Waals surface area contributed by atoms with E-state index in [1.165, 1.54) is 12.1 Å². The van der Waals surface area contributed by atoms with Crippen LogP contribution in [0.1, 0.15) is 27.0 Å². The van der Waals surface area contributed by atoms with Crippen LogP contribution in [0.15, 0.2) is 42.2 Å². The smallest absolute Gasteiger partial charge is 0.231 e. The van der Waals surface area contributed by atoms with Crippen molar-refractivity contribution in [2.24, 2.45) is 0 Å². The second kappa shape index (κ2) is 7.74. The van der Waals surface area contributed by atoms with Crippen LogP contribution in [0.3, 0.4) is 0 Å². The summed E-state index contributed by atoms with van der Waals surface area (Å²) in [6, 6.07) is 14.7. The maximum atomic E-state index is 12.7. The molecule has 0 spiro atoms. The van der Waals surface area contributed by atoms with Crippen molar-refractivity contribution in [3.63, 3.8) is 0 Å². The number of hydrogen-bond acceptors (Lipinski definition) is 5. The van der Waals surface area contributed by atoms with Gasteiger partial charge in [0.25, 0.3) is 0 Å². The Morgan fingerprint density at radius 2 is 1.85 bits per heavy atom. The predicted molar refractivity (Wildman–Crippen MR) is 97.8 cm³/mol. The van der Waals surface area contributed by atoms with E-state index in [9.17, 15) is 9.90 Å². The molecule has 0 bridgehead atoms. The molecule has 2 aromatic rings. The van der Waals surface area contributed by atoms with Gasteiger partial charge in [-0.2, -0.15) is 10.5 Å². The average molecular weight is 360 g/mol. The van der Waals surface area contributed by atoms with E-state index in [1.807, 2.05) is 43.3 Å². The van der Waals surface area contributed by atoms with Crippen molar-refractivity contribution in [3.8, 4) is 23.6 Å². The molecule has 0 unspecified atom stereocenters. The van der Waals surface area contributed by atoms with Crippen molar-refractivity contribution in [1.82, 2.24) is 0 Å². The highest BCUT2D eigenvalue weighted by molar-refractivity contribution is 6.15. The Morgan fingerprint density at radius 3 is 2.52 bits per heavy atom. The lowest BCUT2D eigenvalue weighted by molar-refractivity contribution is -0.899. The van der Waals surface area contributed by atoms with Crippen LogP contribution in [0.4, 0.5) is 0 Å². The molecule has 27 heavy (non-hydrogen) atoms. The molecule has 3 rings (SSSR count). The van der Waals surface area contributed by atoms with Crippen LogP contribution in [0.5, 0.6) is 11.5 Å². The summed E-state index contributed by atoms with van der Waals surface area (Å²) in [7, 11) is 0. The minimum atomic E-state index is -0.253. The fourth-order valence-electron chi connectivity index (χ4n) is 3.02. The van der Waals surface area contributed by atoms with Crippen LogP contribution in [0.25, 0.3) is 6.08 Å². The maximum Gasteiger partial charge on any atom is 0.231 e. The number of carbonyl (C=O) groups is 1. The molecule has 0 radical (unpaired) electrons. The highest BCUT2D eigenvalue weighted by Crippen LogP contribution is 2.39. The van der Waals surface area contributed by atoms with Gasteiger partial charge in [-0.15, -0.1) is 0 Å². The lowest BCUT2D eigenvalue weighted by atomic mass is 10.0. The molecule has 134 valence electrons. The molecule has 1 heterocycles. The number of hydrogen-bond donors (Lipinski definition) is 2. The second-order valence-electron chi connectivity index (χ2n) is 6.33. The van der Waals surface area contributed by atoms with E-state index >= 15 is 0 Å². The Bertz CT molecular complexity index is 996. The minimum absolute atomic E-state index is 0.0212. The Labute approximate surface area is 157 Å². The van der Waals surface area contributed by atoms with E-state index in [0.717, 1.165) is 11.1 Å². The zero-order valence-electron chi connectivity index (χ0n) is 14.8. The summed E-state index contributed by atoms with van der Waals surface area (Å²) in [6.45, 7) is 2.37. The third-order valence-electron chi connectivity index (χ3n) is 4.48. The van der Waals surface area contributed by atoms with E-state index in [4.69, 9.17) is 15.3 Å². The number of nitriles is 2. The minimum Gasteiger partial charge on any atom is -0.507 e. The molecule has 1 aliphatic heterocycles. The Balaban J connectivity index is 1.98. The number of quaternary nitrogens is 1. The second-order valence-corrected chi connectivity index (χ2v) is 6.33. The number of allylic oxidation sites excluding steroid dienone is 1. The van der Waals surface area contributed by atoms with Gasteiger partial charge in [-0.1, -0.05) is 24.3 Å². The number of ether oxygens (including phenoxy) is 1. The third-order valence-corrected chi connectivity index (χ3v) is 4.48. The molecule has 0 aliphatic carbocycles. The maximum absolute atomic E-state index is 12.7. The number of ketones is 1. The van der Waals surface area contributed by atoms with Gasteiger partial charge in [0.05, 0.1) is 11.1 Å². The van der Waals surface area contributed by atoms with Gasteiger partial charge in [-0.3, -0.25) is 4.79 Å². The summed E-state index contributed by atoms with van der Waals surface area (Å²) in [6.07, 6.45) is 1.69. The number of phenolic OH excluding ortho intramolecular Hbond substituents is 1. The number of nitrogens with one attached hydrogen (secondary N) is 1. The van der Waals surface area contributed by atoms with Gasteiger partial charge in [0.1, 0.15) is 24.4 Å². The number of rotatable bonds is 5. The van der Waals surface area contributed by atoms with Crippen molar-refractivity contribution in [2.75, 3.05) is 13.1 Å². The number of Topliss-reactive ketones (excluding diaryl/α,β-unsaturated/α-hetero) is 1. The number of aryl methyl sites for hydroxylation is 1. The van der Waals surface area contributed by atoms with Crippen LogP contribution in [0.2, 0.25) is 0 Å². The van der Waals surface area contributed by atoms with Crippen molar-refractivity contribution in [1.29, 1.82) is 10.5 Å². The number of benzene rings is 2. The summed E-state index contributed by atoms with van der Waals surface area (Å²) in [4.78, 5) is 13.4. The Morgan fingerprint density at radius 1 is 1.15 bits per heavy atom. The first kappa shape index (κ1) is 18.2. The Kier molecular flexibility index (Phi) is 5.21. The molecule has 0 fully saturated rings. The highest BCUT2D eigenvalue weighted by Gasteiger charge is 2.32. The average Bonchev–Trinajstić information content (AvgIpc) is 2.96. The van der Waals surface area contributed by atoms with Gasteiger partial charge in [0.2, 0.25) is 5.78 Å². The third kappa shape index (κ3) is 3.67. The van der Waals surface area contributed by atoms with Crippen molar-refractivity contribution >= 4 is 11.9 Å². The molecular formula is C21H18N3O3+. The normalized spacial score (nSPS) is 13.9. The Hall–Kier alpha value is -3.61. The first-order valence-electron chi connectivity index (χ1n) is 8.47. The molecule has 6 nitrogen and oxygen atoms in total. The van der Waals surface area contributed by atoms with E-state index in [-0.39, 0.29) is 36.9 Å². The summed E-state index contributed by atoms with van der Waals surface area (Å²) in [5, 5.41) is 28.2. The van der Waals surface area contributed by atoms with Crippen molar-refractivity contribution in [2.45, 2.75) is 13.5 Å². The fraction of sp³-hybridized carbons (Fsp3) is 0.190. The predicted octanol–water partition coefficient (Wildman–Crippen LogP) is 1.75. The summed E-state index contributed by atoms with van der Waals surface area (Å²) < 4.78 is 5.82. The lowest BCUT2D eigenvalue weighted by Gasteiger charge is -2.15. The zero-order valence-corrected chi connectivity index (χ0v) is 14.8. The van der Waals surface area contributed by atoms with Gasteiger partial charge < -0.3 is 14.7 Å². The zero-order chi connectivity index (χ0) is 19.4. The molecular weight excluding hydrogens is 342 g/mol. The van der Waals surface area contributed by atoms with Crippen LogP contribution in [0, 0.1) is 29.6 Å². The standard InChI is InChI=1S/C21H17N3O3/c1-14-4-2-3-5-15(14)12-19-20(26)16-6-7-18(25)17(21(16)27-19)13-24(10-8-22)11-9-23/h2-7,12,25H,10-11,13H2,1H3/p+1/b19-12+. The molecule has 0 amide bonds. The molecule has 1 aliphatic rings. The topological polar surface area (TPSA) is 98.5 Å². The van der Waals surface area contributed by atoms with Gasteiger partial charge >= 0.3 is 0 Å². The van der Waals surface area contributed by atoms with Gasteiger partial charge in [-0.05, 0) is 36.3 Å². The molecule has 2 N–H and O–H groups in total. The number of nitrogens with zero attached hydrogens (tertiary/aromatic N) is 2. The van der Waals surface area contributed by atoms with Gasteiger partial charge in [0.15, 0.2) is 24.6 Å². The van der Waals surface area contributed by atoms with Crippen molar-refractivity contribution in [3.05, 3.63) is 64.4 Å². The van der Waals surface area contributed by atoms with E-state index < -0.39 is 0 Å². The van der Waals surface area contributed by atoms with E-state index in [2.05, 4.69) is 0 Å². The number of phenols is 1. The quantitative estimate of drug-likeness (QED) is 0.625. The van der Waals surface area contributed by atoms with Crippen LogP contribution < -0.4 is 9.64 Å². The van der Waals surface area contributed by atoms with E-state index in [1.54, 1.807) is 6.08 Å². The number of fused-ring (bicyclic) bond motifs is 1. The molecule has 0 saturated heterocycles. The van der Waals surface area contributed by atoms with Gasteiger partial charge in [0, 0.05) is 0 Å². The largest absolute Gasteiger partial charge is 0.507 e. The van der Waals surface area contributed by atoms with Crippen LogP contribution in [-0.2, 0) is 6.54 Å². The van der Waals surface area contributed by atoms with Crippen LogP contribution >= 0.6 is 0 Å².